The molecule has 1 aromatic carbocycles. The van der Waals surface area contributed by atoms with Crippen molar-refractivity contribution in [3.63, 3.8) is 0 Å². The third kappa shape index (κ3) is 6.07. The number of ether oxygens (including phenoxy) is 1. The summed E-state index contributed by atoms with van der Waals surface area (Å²) in [5.74, 6) is 1.45. The van der Waals surface area contributed by atoms with Gasteiger partial charge < -0.3 is 19.9 Å². The van der Waals surface area contributed by atoms with E-state index in [2.05, 4.69) is 23.2 Å². The van der Waals surface area contributed by atoms with Crippen molar-refractivity contribution in [2.24, 2.45) is 11.8 Å². The van der Waals surface area contributed by atoms with Crippen molar-refractivity contribution in [2.75, 3.05) is 36.4 Å². The molecule has 0 spiro atoms. The number of amides is 2. The van der Waals surface area contributed by atoms with E-state index < -0.39 is 5.60 Å². The number of aromatic nitrogens is 1. The molecule has 1 saturated carbocycles. The number of nitrogens with zero attached hydrogens (tertiary/aromatic N) is 5. The van der Waals surface area contributed by atoms with Crippen LogP contribution in [-0.2, 0) is 16.1 Å². The van der Waals surface area contributed by atoms with Gasteiger partial charge in [-0.15, -0.1) is 0 Å². The zero-order chi connectivity index (χ0) is 28.6. The Labute approximate surface area is 237 Å². The summed E-state index contributed by atoms with van der Waals surface area (Å²) in [7, 11) is 0. The highest BCUT2D eigenvalue weighted by atomic mass is 16.6. The Morgan fingerprint density at radius 1 is 1.12 bits per heavy atom. The molecule has 3 heterocycles. The third-order valence-electron chi connectivity index (χ3n) is 8.08. The topological polar surface area (TPSA) is 102 Å². The summed E-state index contributed by atoms with van der Waals surface area (Å²) in [6.45, 7) is 12.9. The van der Waals surface area contributed by atoms with E-state index in [1.165, 1.54) is 0 Å². The van der Waals surface area contributed by atoms with E-state index >= 15 is 0 Å². The number of nitriles is 1. The van der Waals surface area contributed by atoms with Gasteiger partial charge >= 0.3 is 6.09 Å². The van der Waals surface area contributed by atoms with Crippen LogP contribution in [0.5, 0.6) is 0 Å². The molecular formula is C31H40N6O3. The van der Waals surface area contributed by atoms with Crippen molar-refractivity contribution in [1.29, 1.82) is 5.26 Å². The van der Waals surface area contributed by atoms with Crippen LogP contribution in [0.4, 0.5) is 16.3 Å². The van der Waals surface area contributed by atoms with Gasteiger partial charge in [-0.1, -0.05) is 13.0 Å². The first kappa shape index (κ1) is 27.9. The van der Waals surface area contributed by atoms with Crippen molar-refractivity contribution < 1.29 is 14.3 Å². The van der Waals surface area contributed by atoms with Crippen LogP contribution in [0.3, 0.4) is 0 Å². The van der Waals surface area contributed by atoms with Crippen molar-refractivity contribution >= 4 is 23.5 Å². The lowest BCUT2D eigenvalue weighted by atomic mass is 9.79. The molecule has 5 rings (SSSR count). The van der Waals surface area contributed by atoms with Gasteiger partial charge in [0, 0.05) is 57.3 Å². The fourth-order valence-electron chi connectivity index (χ4n) is 6.09. The van der Waals surface area contributed by atoms with Gasteiger partial charge in [-0.2, -0.15) is 5.26 Å². The molecule has 3 aliphatic rings. The minimum absolute atomic E-state index is 0.0417. The Morgan fingerprint density at radius 2 is 1.85 bits per heavy atom. The van der Waals surface area contributed by atoms with E-state index in [0.29, 0.717) is 31.1 Å². The maximum atomic E-state index is 12.8. The smallest absolute Gasteiger partial charge is 0.410 e. The molecule has 3 atom stereocenters. The number of fused-ring (bicyclic) bond motifs is 1. The molecule has 1 aromatic heterocycles. The number of carbonyl (C=O) groups is 2. The molecule has 40 heavy (non-hydrogen) atoms. The lowest BCUT2D eigenvalue weighted by Crippen LogP contribution is -2.51. The number of pyridine rings is 1. The fraction of sp³-hybridized carbons (Fsp3) is 0.548. The molecule has 9 heteroatoms. The van der Waals surface area contributed by atoms with Crippen molar-refractivity contribution in [3.05, 3.63) is 53.2 Å². The van der Waals surface area contributed by atoms with Crippen LogP contribution in [0.1, 0.15) is 70.3 Å². The minimum atomic E-state index is -0.499. The van der Waals surface area contributed by atoms with Crippen LogP contribution in [0.2, 0.25) is 0 Å². The highest BCUT2D eigenvalue weighted by Gasteiger charge is 2.47. The number of nitrogens with one attached hydrogen (secondary N) is 1. The van der Waals surface area contributed by atoms with Crippen LogP contribution in [0.25, 0.3) is 0 Å². The van der Waals surface area contributed by atoms with Crippen molar-refractivity contribution in [3.8, 4) is 6.07 Å². The molecular weight excluding hydrogens is 504 g/mol. The molecule has 2 aliphatic heterocycles. The van der Waals surface area contributed by atoms with Crippen LogP contribution >= 0.6 is 0 Å². The molecule has 0 radical (unpaired) electrons. The van der Waals surface area contributed by atoms with Gasteiger partial charge in [0.05, 0.1) is 23.4 Å². The van der Waals surface area contributed by atoms with Crippen LogP contribution in [0, 0.1) is 23.2 Å². The average Bonchev–Trinajstić information content (AvgIpc) is 3.74. The Kier molecular flexibility index (Phi) is 7.74. The van der Waals surface area contributed by atoms with Gasteiger partial charge in [0.2, 0.25) is 5.91 Å². The van der Waals surface area contributed by atoms with Gasteiger partial charge in [0.1, 0.15) is 11.4 Å². The SMILES string of the molecule is CC(=O)N1c2ccc(C#N)cc2[C@H](Nc2cccc(CN3CCN(C(=O)OC(C)(C)C)CC3)n2)[C@@H](C)[C@@H]1C1CC1. The highest BCUT2D eigenvalue weighted by molar-refractivity contribution is 5.94. The third-order valence-corrected chi connectivity index (χ3v) is 8.08. The lowest BCUT2D eigenvalue weighted by molar-refractivity contribution is -0.117. The normalized spacial score (nSPS) is 23.2. The van der Waals surface area contributed by atoms with Gasteiger partial charge in [0.25, 0.3) is 0 Å². The van der Waals surface area contributed by atoms with Gasteiger partial charge in [-0.3, -0.25) is 9.69 Å². The number of piperazine rings is 1. The quantitative estimate of drug-likeness (QED) is 0.569. The molecule has 1 N–H and O–H groups in total. The zero-order valence-electron chi connectivity index (χ0n) is 24.2. The molecule has 9 nitrogen and oxygen atoms in total. The number of hydrogen-bond donors (Lipinski definition) is 1. The van der Waals surface area contributed by atoms with E-state index in [4.69, 9.17) is 9.72 Å². The second kappa shape index (κ2) is 11.1. The molecule has 0 unspecified atom stereocenters. The number of carbonyl (C=O) groups excluding carboxylic acids is 2. The van der Waals surface area contributed by atoms with Gasteiger partial charge in [-0.25, -0.2) is 9.78 Å². The Morgan fingerprint density at radius 3 is 2.48 bits per heavy atom. The minimum Gasteiger partial charge on any atom is -0.444 e. The first-order valence-electron chi connectivity index (χ1n) is 14.3. The molecule has 1 saturated heterocycles. The predicted octanol–water partition coefficient (Wildman–Crippen LogP) is 4.94. The molecule has 0 bridgehead atoms. The summed E-state index contributed by atoms with van der Waals surface area (Å²) in [5, 5.41) is 13.3. The second-order valence-electron chi connectivity index (χ2n) is 12.3. The zero-order valence-corrected chi connectivity index (χ0v) is 24.2. The molecule has 2 fully saturated rings. The summed E-state index contributed by atoms with van der Waals surface area (Å²) < 4.78 is 5.52. The summed E-state index contributed by atoms with van der Waals surface area (Å²) in [6, 6.07) is 13.9. The standard InChI is InChI=1S/C31H40N6O3/c1-20-28(25-17-22(18-32)9-12-26(25)37(21(2)38)29(20)23-10-11-23)34-27-8-6-7-24(33-27)19-35-13-15-36(16-14-35)30(39)40-31(3,4)5/h6-9,12,17,20,23,28-29H,10-11,13-16,19H2,1-5H3,(H,33,34)/t20-,28-,29-/m1/s1. The largest absolute Gasteiger partial charge is 0.444 e. The van der Waals surface area contributed by atoms with Crippen LogP contribution < -0.4 is 10.2 Å². The van der Waals surface area contributed by atoms with Crippen LogP contribution in [-0.4, -0.2) is 64.6 Å². The second-order valence-corrected chi connectivity index (χ2v) is 12.3. The number of hydrogen-bond acceptors (Lipinski definition) is 7. The Balaban J connectivity index is 1.31. The maximum absolute atomic E-state index is 12.8. The highest BCUT2D eigenvalue weighted by Crippen LogP contribution is 2.50. The van der Waals surface area contributed by atoms with Crippen molar-refractivity contribution in [1.82, 2.24) is 14.8 Å². The van der Waals surface area contributed by atoms with Crippen molar-refractivity contribution in [2.45, 2.75) is 71.7 Å². The Bertz CT molecular complexity index is 1300. The number of anilines is 2. The summed E-state index contributed by atoms with van der Waals surface area (Å²) in [5.41, 5.74) is 2.89. The average molecular weight is 545 g/mol. The first-order valence-corrected chi connectivity index (χ1v) is 14.3. The van der Waals surface area contributed by atoms with Gasteiger partial charge in [-0.05, 0) is 75.4 Å². The first-order chi connectivity index (χ1) is 19.0. The molecule has 212 valence electrons. The van der Waals surface area contributed by atoms with E-state index in [1.54, 1.807) is 17.9 Å². The van der Waals surface area contributed by atoms with E-state index in [9.17, 15) is 14.9 Å². The number of rotatable bonds is 5. The lowest BCUT2D eigenvalue weighted by Gasteiger charge is -2.46. The number of benzene rings is 1. The van der Waals surface area contributed by atoms with Gasteiger partial charge in [0.15, 0.2) is 0 Å². The summed E-state index contributed by atoms with van der Waals surface area (Å²) >= 11 is 0. The van der Waals surface area contributed by atoms with E-state index in [0.717, 1.165) is 48.7 Å². The maximum Gasteiger partial charge on any atom is 0.410 e. The van der Waals surface area contributed by atoms with E-state index in [-0.39, 0.29) is 30.0 Å². The monoisotopic (exact) mass is 544 g/mol. The molecule has 2 aromatic rings. The molecule has 2 amide bonds. The predicted molar refractivity (Wildman–Crippen MR) is 154 cm³/mol. The fourth-order valence-corrected chi connectivity index (χ4v) is 6.09. The Hall–Kier alpha value is -3.64. The van der Waals surface area contributed by atoms with E-state index in [1.807, 2.05) is 56.0 Å². The summed E-state index contributed by atoms with van der Waals surface area (Å²) in [6.07, 6.45) is 2.00. The summed E-state index contributed by atoms with van der Waals surface area (Å²) in [4.78, 5) is 36.2. The molecule has 1 aliphatic carbocycles. The van der Waals surface area contributed by atoms with Crippen LogP contribution in [0.15, 0.2) is 36.4 Å².